The minimum atomic E-state index is -3.92. The van der Waals surface area contributed by atoms with Gasteiger partial charge < -0.3 is 0 Å². The monoisotopic (exact) mass is 313 g/mol. The number of nitrogens with zero attached hydrogens (tertiary/aromatic N) is 2. The van der Waals surface area contributed by atoms with Gasteiger partial charge in [0.25, 0.3) is 10.0 Å². The minimum absolute atomic E-state index is 0.0111. The van der Waals surface area contributed by atoms with Gasteiger partial charge in [0.05, 0.1) is 11.7 Å². The quantitative estimate of drug-likeness (QED) is 0.911. The Morgan fingerprint density at radius 3 is 2.65 bits per heavy atom. The summed E-state index contributed by atoms with van der Waals surface area (Å²) in [7, 11) is -3.92. The molecule has 108 valence electrons. The van der Waals surface area contributed by atoms with Gasteiger partial charge in [0.1, 0.15) is 15.9 Å². The number of sulfonamides is 1. The molecule has 1 N–H and O–H groups in total. The fraction of sp³-hybridized carbons (Fsp3) is 0.417. The number of benzene rings is 1. The summed E-state index contributed by atoms with van der Waals surface area (Å²) >= 11 is 0.940. The molecule has 0 aliphatic carbocycles. The molecule has 1 aromatic heterocycles. The van der Waals surface area contributed by atoms with Crippen LogP contribution in [-0.4, -0.2) is 23.1 Å². The number of fused-ring (bicyclic) bond motifs is 1. The summed E-state index contributed by atoms with van der Waals surface area (Å²) in [6, 6.07) is 4.69. The minimum Gasteiger partial charge on any atom is -0.274 e. The third kappa shape index (κ3) is 2.80. The van der Waals surface area contributed by atoms with E-state index in [2.05, 4.69) is 13.5 Å². The van der Waals surface area contributed by atoms with Crippen LogP contribution in [0.2, 0.25) is 0 Å². The highest BCUT2D eigenvalue weighted by atomic mass is 32.2. The molecule has 1 heterocycles. The molecule has 0 saturated carbocycles. The zero-order valence-electron chi connectivity index (χ0n) is 11.2. The predicted molar refractivity (Wildman–Crippen MR) is 76.8 cm³/mol. The molecule has 1 amide bonds. The number of hydrogen-bond acceptors (Lipinski definition) is 6. The number of nitrogens with one attached hydrogen (secondary N) is 1. The second-order valence-electron chi connectivity index (χ2n) is 4.37. The predicted octanol–water partition coefficient (Wildman–Crippen LogP) is 1.93. The first-order valence-corrected chi connectivity index (χ1v) is 8.48. The number of carbonyl (C=O) groups excluding carboxylic acids is 1. The van der Waals surface area contributed by atoms with E-state index in [0.717, 1.165) is 11.7 Å². The maximum Gasteiger partial charge on any atom is 0.266 e. The fourth-order valence-corrected chi connectivity index (χ4v) is 3.74. The standard InChI is InChI=1S/C12H15N3O3S2/c1-3-8(4-2)12(16)15-20(17,18)10-7-5-6-9-11(10)14-19-13-9/h5-8H,3-4H2,1-2H3,(H,15,16). The van der Waals surface area contributed by atoms with Crippen molar-refractivity contribution in [2.24, 2.45) is 5.92 Å². The number of aromatic nitrogens is 2. The fourth-order valence-electron chi connectivity index (χ4n) is 1.93. The van der Waals surface area contributed by atoms with Crippen molar-refractivity contribution in [2.45, 2.75) is 31.6 Å². The first-order chi connectivity index (χ1) is 9.49. The maximum atomic E-state index is 12.3. The van der Waals surface area contributed by atoms with Crippen LogP contribution in [0.4, 0.5) is 0 Å². The molecule has 8 heteroatoms. The van der Waals surface area contributed by atoms with Crippen molar-refractivity contribution < 1.29 is 13.2 Å². The molecular weight excluding hydrogens is 298 g/mol. The van der Waals surface area contributed by atoms with Gasteiger partial charge in [0.2, 0.25) is 5.91 Å². The molecule has 0 saturated heterocycles. The second kappa shape index (κ2) is 5.84. The van der Waals surface area contributed by atoms with E-state index in [0.29, 0.717) is 23.9 Å². The van der Waals surface area contributed by atoms with Gasteiger partial charge in [-0.25, -0.2) is 13.1 Å². The molecule has 6 nitrogen and oxygen atoms in total. The van der Waals surface area contributed by atoms with E-state index < -0.39 is 15.9 Å². The van der Waals surface area contributed by atoms with Crippen molar-refractivity contribution in [3.8, 4) is 0 Å². The summed E-state index contributed by atoms with van der Waals surface area (Å²) in [6.45, 7) is 3.71. The smallest absolute Gasteiger partial charge is 0.266 e. The largest absolute Gasteiger partial charge is 0.274 e. The van der Waals surface area contributed by atoms with Gasteiger partial charge in [-0.2, -0.15) is 8.75 Å². The number of carbonyl (C=O) groups is 1. The first kappa shape index (κ1) is 14.9. The highest BCUT2D eigenvalue weighted by Gasteiger charge is 2.25. The molecule has 0 spiro atoms. The van der Waals surface area contributed by atoms with Crippen LogP contribution in [0.3, 0.4) is 0 Å². The van der Waals surface area contributed by atoms with Crippen LogP contribution in [0.25, 0.3) is 11.0 Å². The van der Waals surface area contributed by atoms with Crippen LogP contribution >= 0.6 is 11.7 Å². The second-order valence-corrected chi connectivity index (χ2v) is 6.55. The lowest BCUT2D eigenvalue weighted by molar-refractivity contribution is -0.123. The Hall–Kier alpha value is -1.54. The molecular formula is C12H15N3O3S2. The van der Waals surface area contributed by atoms with Crippen LogP contribution in [0.15, 0.2) is 23.1 Å². The zero-order valence-corrected chi connectivity index (χ0v) is 12.8. The first-order valence-electron chi connectivity index (χ1n) is 6.27. The molecule has 0 bridgehead atoms. The molecule has 0 atom stereocenters. The molecule has 0 radical (unpaired) electrons. The van der Waals surface area contributed by atoms with Crippen LogP contribution in [0.1, 0.15) is 26.7 Å². The SMILES string of the molecule is CCC(CC)C(=O)NS(=O)(=O)c1cccc2nsnc12. The van der Waals surface area contributed by atoms with E-state index in [-0.39, 0.29) is 10.8 Å². The number of amides is 1. The molecule has 0 aliphatic heterocycles. The van der Waals surface area contributed by atoms with E-state index in [1.54, 1.807) is 12.1 Å². The Labute approximate surface area is 121 Å². The summed E-state index contributed by atoms with van der Waals surface area (Å²) in [4.78, 5) is 11.9. The topological polar surface area (TPSA) is 89.0 Å². The lowest BCUT2D eigenvalue weighted by Crippen LogP contribution is -2.35. The van der Waals surface area contributed by atoms with Gasteiger partial charge >= 0.3 is 0 Å². The highest BCUT2D eigenvalue weighted by Crippen LogP contribution is 2.21. The number of rotatable bonds is 5. The lowest BCUT2D eigenvalue weighted by atomic mass is 10.0. The molecule has 1 aromatic carbocycles. The van der Waals surface area contributed by atoms with Crippen molar-refractivity contribution in [1.82, 2.24) is 13.5 Å². The Bertz CT molecular complexity index is 720. The Morgan fingerprint density at radius 2 is 2.00 bits per heavy atom. The van der Waals surface area contributed by atoms with Crippen molar-refractivity contribution in [1.29, 1.82) is 0 Å². The zero-order chi connectivity index (χ0) is 14.8. The molecule has 20 heavy (non-hydrogen) atoms. The summed E-state index contributed by atoms with van der Waals surface area (Å²) in [5, 5.41) is 0. The van der Waals surface area contributed by atoms with Gasteiger partial charge in [-0.05, 0) is 25.0 Å². The summed E-state index contributed by atoms with van der Waals surface area (Å²) < 4.78 is 34.7. The van der Waals surface area contributed by atoms with Crippen molar-refractivity contribution >= 4 is 38.7 Å². The van der Waals surface area contributed by atoms with Gasteiger partial charge in [-0.3, -0.25) is 4.79 Å². The van der Waals surface area contributed by atoms with Crippen molar-refractivity contribution in [3.63, 3.8) is 0 Å². The van der Waals surface area contributed by atoms with Crippen LogP contribution in [0.5, 0.6) is 0 Å². The van der Waals surface area contributed by atoms with Crippen molar-refractivity contribution in [3.05, 3.63) is 18.2 Å². The Morgan fingerprint density at radius 1 is 1.30 bits per heavy atom. The normalized spacial score (nSPS) is 11.9. The van der Waals surface area contributed by atoms with Gasteiger partial charge in [-0.15, -0.1) is 0 Å². The van der Waals surface area contributed by atoms with Crippen LogP contribution in [-0.2, 0) is 14.8 Å². The summed E-state index contributed by atoms with van der Waals surface area (Å²) in [5.74, 6) is -0.785. The molecule has 0 aliphatic rings. The van der Waals surface area contributed by atoms with Crippen LogP contribution in [0, 0.1) is 5.92 Å². The van der Waals surface area contributed by atoms with Gasteiger partial charge in [-0.1, -0.05) is 19.9 Å². The van der Waals surface area contributed by atoms with E-state index in [9.17, 15) is 13.2 Å². The van der Waals surface area contributed by atoms with E-state index in [1.165, 1.54) is 6.07 Å². The van der Waals surface area contributed by atoms with E-state index in [1.807, 2.05) is 13.8 Å². The number of hydrogen-bond donors (Lipinski definition) is 1. The third-order valence-electron chi connectivity index (χ3n) is 3.13. The van der Waals surface area contributed by atoms with Gasteiger partial charge in [0.15, 0.2) is 0 Å². The molecule has 0 unspecified atom stereocenters. The molecule has 0 fully saturated rings. The molecule has 2 rings (SSSR count). The van der Waals surface area contributed by atoms with Crippen molar-refractivity contribution in [2.75, 3.05) is 0 Å². The molecule has 2 aromatic rings. The highest BCUT2D eigenvalue weighted by molar-refractivity contribution is 7.90. The van der Waals surface area contributed by atoms with Crippen LogP contribution < -0.4 is 4.72 Å². The van der Waals surface area contributed by atoms with Gasteiger partial charge in [0, 0.05) is 5.92 Å². The third-order valence-corrected chi connectivity index (χ3v) is 5.05. The average Bonchev–Trinajstić information content (AvgIpc) is 2.87. The lowest BCUT2D eigenvalue weighted by Gasteiger charge is -2.13. The Kier molecular flexibility index (Phi) is 4.34. The summed E-state index contributed by atoms with van der Waals surface area (Å²) in [6.07, 6.45) is 1.20. The Balaban J connectivity index is 2.36. The average molecular weight is 313 g/mol. The van der Waals surface area contributed by atoms with E-state index in [4.69, 9.17) is 0 Å². The van der Waals surface area contributed by atoms with E-state index >= 15 is 0 Å². The summed E-state index contributed by atoms with van der Waals surface area (Å²) in [5.41, 5.74) is 0.801. The maximum absolute atomic E-state index is 12.3.